The second-order valence-electron chi connectivity index (χ2n) is 10.5. The number of benzene rings is 1. The van der Waals surface area contributed by atoms with Crippen molar-refractivity contribution in [2.24, 2.45) is 28.1 Å². The number of hydrogen-bond donors (Lipinski definition) is 0. The van der Waals surface area contributed by atoms with Crippen LogP contribution in [0.1, 0.15) is 59.3 Å². The van der Waals surface area contributed by atoms with E-state index in [0.717, 1.165) is 6.42 Å². The molecule has 2 fully saturated rings. The lowest BCUT2D eigenvalue weighted by Gasteiger charge is -2.59. The number of aldehydes is 1. The summed E-state index contributed by atoms with van der Waals surface area (Å²) in [5.74, 6) is 1.12. The number of hydrogen-bond acceptors (Lipinski definition) is 4. The van der Waals surface area contributed by atoms with Crippen molar-refractivity contribution in [3.8, 4) is 0 Å². The fourth-order valence-electron chi connectivity index (χ4n) is 6.81. The van der Waals surface area contributed by atoms with Gasteiger partial charge >= 0.3 is 0 Å². The zero-order chi connectivity index (χ0) is 21.4. The van der Waals surface area contributed by atoms with E-state index in [1.165, 1.54) is 43.3 Å². The second-order valence-corrected chi connectivity index (χ2v) is 11.7. The van der Waals surface area contributed by atoms with Crippen LogP contribution >= 0.6 is 11.8 Å². The Balaban J connectivity index is 1.70. The molecule has 0 spiro atoms. The highest BCUT2D eigenvalue weighted by Crippen LogP contribution is 2.64. The molecule has 1 aromatic rings. The molecule has 0 radical (unpaired) electrons. The van der Waals surface area contributed by atoms with Gasteiger partial charge < -0.3 is 4.79 Å². The van der Waals surface area contributed by atoms with Gasteiger partial charge in [0.1, 0.15) is 6.29 Å². The minimum absolute atomic E-state index is 0.141. The molecule has 0 saturated heterocycles. The maximum absolute atomic E-state index is 12.3. The molecule has 0 bridgehead atoms. The Kier molecular flexibility index (Phi) is 6.22. The average molecular weight is 429 g/mol. The molecule has 4 rings (SSSR count). The highest BCUT2D eigenvalue weighted by molar-refractivity contribution is 8.00. The Morgan fingerprint density at radius 3 is 2.60 bits per heavy atom. The summed E-state index contributed by atoms with van der Waals surface area (Å²) in [7, 11) is 1.61. The third kappa shape index (κ3) is 3.80. The van der Waals surface area contributed by atoms with Crippen molar-refractivity contribution in [2.45, 2.75) is 69.4 Å². The molecule has 0 aromatic heterocycles. The molecule has 3 aliphatic carbocycles. The lowest BCUT2D eigenvalue weighted by atomic mass is 9.46. The Hall–Kier alpha value is -1.10. The average Bonchev–Trinajstić information content (AvgIpc) is 2.74. The van der Waals surface area contributed by atoms with E-state index in [2.05, 4.69) is 57.2 Å². The van der Waals surface area contributed by atoms with Crippen LogP contribution in [0.25, 0.3) is 0 Å². The standard InChI is InChI=1S/C26H36O3S/c1-24(18-29-28-4)13-8-14-26(3)21-15-23(30-20-9-6-5-7-10-20)25(2,17-27)16-19(21)11-12-22(24)26/h5-7,9-10,15,17,19,22-23H,8,11-14,16,18H2,1-4H3. The van der Waals surface area contributed by atoms with Crippen molar-refractivity contribution >= 4 is 18.0 Å². The van der Waals surface area contributed by atoms with E-state index in [1.54, 1.807) is 12.7 Å². The fourth-order valence-corrected chi connectivity index (χ4v) is 8.06. The second kappa shape index (κ2) is 8.44. The molecule has 0 heterocycles. The van der Waals surface area contributed by atoms with Gasteiger partial charge in [0.05, 0.1) is 13.7 Å². The first kappa shape index (κ1) is 22.1. The van der Waals surface area contributed by atoms with E-state index in [-0.39, 0.29) is 21.5 Å². The zero-order valence-electron chi connectivity index (χ0n) is 18.9. The Labute approximate surface area is 185 Å². The van der Waals surface area contributed by atoms with Gasteiger partial charge in [-0.25, -0.2) is 9.78 Å². The van der Waals surface area contributed by atoms with Gasteiger partial charge in [0.25, 0.3) is 0 Å². The van der Waals surface area contributed by atoms with Crippen LogP contribution in [0.3, 0.4) is 0 Å². The lowest BCUT2D eigenvalue weighted by Crippen LogP contribution is -2.52. The van der Waals surface area contributed by atoms with Crippen molar-refractivity contribution < 1.29 is 14.6 Å². The summed E-state index contributed by atoms with van der Waals surface area (Å²) < 4.78 is 0. The predicted octanol–water partition coefficient (Wildman–Crippen LogP) is 6.48. The van der Waals surface area contributed by atoms with Crippen LogP contribution in [-0.4, -0.2) is 25.3 Å². The largest absolute Gasteiger partial charge is 0.303 e. The highest BCUT2D eigenvalue weighted by atomic mass is 32.2. The van der Waals surface area contributed by atoms with Crippen LogP contribution in [0, 0.1) is 28.1 Å². The molecule has 3 aliphatic rings. The maximum Gasteiger partial charge on any atom is 0.127 e. The normalized spacial score (nSPS) is 40.8. The first-order chi connectivity index (χ1) is 14.3. The molecule has 6 unspecified atom stereocenters. The van der Waals surface area contributed by atoms with Gasteiger partial charge in [-0.05, 0) is 66.9 Å². The van der Waals surface area contributed by atoms with Gasteiger partial charge in [-0.15, -0.1) is 11.8 Å². The molecule has 4 heteroatoms. The predicted molar refractivity (Wildman–Crippen MR) is 122 cm³/mol. The summed E-state index contributed by atoms with van der Waals surface area (Å²) >= 11 is 1.85. The molecule has 30 heavy (non-hydrogen) atoms. The molecule has 0 aliphatic heterocycles. The number of allylic oxidation sites excluding steroid dienone is 1. The van der Waals surface area contributed by atoms with Gasteiger partial charge in [-0.1, -0.05) is 57.0 Å². The third-order valence-corrected chi connectivity index (χ3v) is 9.88. The number of thioether (sulfide) groups is 1. The Morgan fingerprint density at radius 1 is 1.13 bits per heavy atom. The molecule has 0 amide bonds. The minimum Gasteiger partial charge on any atom is -0.303 e. The number of carbonyl (C=O) groups is 1. The summed E-state index contributed by atoms with van der Waals surface area (Å²) in [4.78, 5) is 24.0. The van der Waals surface area contributed by atoms with E-state index < -0.39 is 0 Å². The Morgan fingerprint density at radius 2 is 1.90 bits per heavy atom. The van der Waals surface area contributed by atoms with Crippen LogP contribution in [0.15, 0.2) is 46.9 Å². The van der Waals surface area contributed by atoms with E-state index in [9.17, 15) is 4.79 Å². The van der Waals surface area contributed by atoms with Gasteiger partial charge in [0.15, 0.2) is 0 Å². The molecule has 164 valence electrons. The van der Waals surface area contributed by atoms with E-state index >= 15 is 0 Å². The number of fused-ring (bicyclic) bond motifs is 3. The van der Waals surface area contributed by atoms with Crippen molar-refractivity contribution in [1.29, 1.82) is 0 Å². The summed E-state index contributed by atoms with van der Waals surface area (Å²) in [6.45, 7) is 7.72. The summed E-state index contributed by atoms with van der Waals surface area (Å²) in [5.41, 5.74) is 1.64. The van der Waals surface area contributed by atoms with Crippen LogP contribution < -0.4 is 0 Å². The molecule has 6 atom stereocenters. The molecule has 1 aromatic carbocycles. The fraction of sp³-hybridized carbons (Fsp3) is 0.654. The summed E-state index contributed by atoms with van der Waals surface area (Å²) in [6.07, 6.45) is 10.8. The molecule has 0 N–H and O–H groups in total. The maximum atomic E-state index is 12.3. The molecule has 2 saturated carbocycles. The van der Waals surface area contributed by atoms with E-state index in [0.29, 0.717) is 18.4 Å². The lowest BCUT2D eigenvalue weighted by molar-refractivity contribution is -0.298. The third-order valence-electron chi connectivity index (χ3n) is 8.41. The van der Waals surface area contributed by atoms with Crippen molar-refractivity contribution in [2.75, 3.05) is 13.7 Å². The zero-order valence-corrected chi connectivity index (χ0v) is 19.7. The van der Waals surface area contributed by atoms with Crippen molar-refractivity contribution in [1.82, 2.24) is 0 Å². The van der Waals surface area contributed by atoms with Gasteiger partial charge in [-0.2, -0.15) is 0 Å². The first-order valence-electron chi connectivity index (χ1n) is 11.4. The first-order valence-corrected chi connectivity index (χ1v) is 12.3. The molecular formula is C26H36O3S. The van der Waals surface area contributed by atoms with Gasteiger partial charge in [0, 0.05) is 15.6 Å². The van der Waals surface area contributed by atoms with E-state index in [4.69, 9.17) is 9.78 Å². The SMILES string of the molecule is COOCC1(C)CCCC2(C)C3=CC(Sc4ccccc4)C(C)(C=O)CC3CCC12. The van der Waals surface area contributed by atoms with Gasteiger partial charge in [-0.3, -0.25) is 0 Å². The van der Waals surface area contributed by atoms with Crippen molar-refractivity contribution in [3.63, 3.8) is 0 Å². The highest BCUT2D eigenvalue weighted by Gasteiger charge is 2.56. The summed E-state index contributed by atoms with van der Waals surface area (Å²) in [5, 5.41) is 0.183. The smallest absolute Gasteiger partial charge is 0.127 e. The van der Waals surface area contributed by atoms with Crippen molar-refractivity contribution in [3.05, 3.63) is 42.0 Å². The van der Waals surface area contributed by atoms with Crippen LogP contribution in [0.2, 0.25) is 0 Å². The molecular weight excluding hydrogens is 392 g/mol. The minimum atomic E-state index is -0.311. The molecule has 3 nitrogen and oxygen atoms in total. The van der Waals surface area contributed by atoms with Gasteiger partial charge in [0.2, 0.25) is 0 Å². The van der Waals surface area contributed by atoms with Crippen LogP contribution in [0.4, 0.5) is 0 Å². The summed E-state index contributed by atoms with van der Waals surface area (Å²) in [6, 6.07) is 10.5. The van der Waals surface area contributed by atoms with Crippen LogP contribution in [-0.2, 0) is 14.6 Å². The Bertz CT molecular complexity index is 793. The monoisotopic (exact) mass is 428 g/mol. The topological polar surface area (TPSA) is 35.5 Å². The number of rotatable bonds is 6. The van der Waals surface area contributed by atoms with Crippen LogP contribution in [0.5, 0.6) is 0 Å². The quantitative estimate of drug-likeness (QED) is 0.225. The number of carbonyl (C=O) groups excluding carboxylic acids is 1. The van der Waals surface area contributed by atoms with E-state index in [1.807, 2.05) is 11.8 Å².